The normalized spacial score (nSPS) is 21.9. The highest BCUT2D eigenvalue weighted by Gasteiger charge is 2.40. The van der Waals surface area contributed by atoms with Gasteiger partial charge in [0.15, 0.2) is 0 Å². The highest BCUT2D eigenvalue weighted by atomic mass is 32.2. The summed E-state index contributed by atoms with van der Waals surface area (Å²) in [4.78, 5) is 4.06. The van der Waals surface area contributed by atoms with Gasteiger partial charge in [-0.05, 0) is 49.3 Å². The van der Waals surface area contributed by atoms with Crippen molar-refractivity contribution < 1.29 is 12.8 Å². The van der Waals surface area contributed by atoms with Crippen molar-refractivity contribution in [3.63, 3.8) is 0 Å². The van der Waals surface area contributed by atoms with Crippen LogP contribution in [0, 0.1) is 11.7 Å². The molecule has 2 aromatic rings. The third-order valence-corrected chi connectivity index (χ3v) is 5.79. The van der Waals surface area contributed by atoms with Crippen molar-refractivity contribution in [2.24, 2.45) is 11.1 Å². The predicted molar refractivity (Wildman–Crippen MR) is 87.7 cm³/mol. The molecule has 1 unspecified atom stereocenters. The summed E-state index contributed by atoms with van der Waals surface area (Å²) in [6.45, 7) is 1.66. The number of primary sulfonamides is 1. The molecule has 0 saturated heterocycles. The van der Waals surface area contributed by atoms with Crippen LogP contribution in [0.15, 0.2) is 42.6 Å². The zero-order valence-corrected chi connectivity index (χ0v) is 13.6. The lowest BCUT2D eigenvalue weighted by atomic mass is 10.0. The minimum Gasteiger partial charge on any atom is -0.253 e. The molecule has 3 atom stereocenters. The number of nitrogens with two attached hydrogens (primary N) is 1. The van der Waals surface area contributed by atoms with Crippen molar-refractivity contribution in [3.05, 3.63) is 54.0 Å². The molecule has 1 saturated carbocycles. The quantitative estimate of drug-likeness (QED) is 0.913. The number of hydrogen-bond donors (Lipinski definition) is 1. The fourth-order valence-corrected chi connectivity index (χ4v) is 3.44. The van der Waals surface area contributed by atoms with E-state index in [1.165, 1.54) is 17.8 Å². The van der Waals surface area contributed by atoms with E-state index >= 15 is 0 Å². The van der Waals surface area contributed by atoms with E-state index in [0.29, 0.717) is 18.3 Å². The first kappa shape index (κ1) is 16.1. The van der Waals surface area contributed by atoms with Crippen LogP contribution in [0.2, 0.25) is 0 Å². The Bertz CT molecular complexity index is 788. The van der Waals surface area contributed by atoms with E-state index in [-0.39, 0.29) is 5.82 Å². The fourth-order valence-electron chi connectivity index (χ4n) is 2.92. The molecule has 0 aliphatic heterocycles. The molecule has 0 bridgehead atoms. The summed E-state index contributed by atoms with van der Waals surface area (Å²) in [5, 5.41) is 4.67. The first-order valence-electron chi connectivity index (χ1n) is 7.58. The lowest BCUT2D eigenvalue weighted by Crippen LogP contribution is -2.26. The summed E-state index contributed by atoms with van der Waals surface area (Å²) in [6.07, 6.45) is 2.80. The smallest absolute Gasteiger partial charge is 0.211 e. The van der Waals surface area contributed by atoms with Gasteiger partial charge in [-0.2, -0.15) is 0 Å². The second kappa shape index (κ2) is 6.02. The molecule has 1 aliphatic rings. The number of benzene rings is 1. The maximum atomic E-state index is 12.9. The van der Waals surface area contributed by atoms with E-state index in [0.717, 1.165) is 17.7 Å². The minimum atomic E-state index is -3.45. The van der Waals surface area contributed by atoms with Gasteiger partial charge in [0.2, 0.25) is 10.0 Å². The van der Waals surface area contributed by atoms with Crippen molar-refractivity contribution in [1.82, 2.24) is 4.98 Å². The summed E-state index contributed by atoms with van der Waals surface area (Å²) in [6, 6.07) is 11.0. The second-order valence-corrected chi connectivity index (χ2v) is 8.20. The Morgan fingerprint density at radius 1 is 1.26 bits per heavy atom. The fraction of sp³-hybridized carbons (Fsp3) is 0.353. The molecule has 1 aliphatic carbocycles. The van der Waals surface area contributed by atoms with Gasteiger partial charge in [0.05, 0.1) is 17.1 Å². The molecule has 23 heavy (non-hydrogen) atoms. The van der Waals surface area contributed by atoms with Crippen LogP contribution in [-0.4, -0.2) is 18.7 Å². The van der Waals surface area contributed by atoms with Crippen molar-refractivity contribution in [2.75, 3.05) is 0 Å². The molecule has 1 fully saturated rings. The first-order chi connectivity index (χ1) is 10.8. The van der Waals surface area contributed by atoms with Crippen LogP contribution in [-0.2, 0) is 10.0 Å². The van der Waals surface area contributed by atoms with Crippen LogP contribution in [0.3, 0.4) is 0 Å². The zero-order chi connectivity index (χ0) is 16.6. The molecule has 1 aromatic heterocycles. The number of rotatable bonds is 5. The van der Waals surface area contributed by atoms with E-state index in [9.17, 15) is 12.8 Å². The van der Waals surface area contributed by atoms with Crippen LogP contribution in [0.5, 0.6) is 0 Å². The van der Waals surface area contributed by atoms with Crippen molar-refractivity contribution in [3.8, 4) is 11.3 Å². The van der Waals surface area contributed by atoms with Gasteiger partial charge >= 0.3 is 0 Å². The van der Waals surface area contributed by atoms with E-state index in [1.807, 2.05) is 24.3 Å². The van der Waals surface area contributed by atoms with Gasteiger partial charge in [-0.3, -0.25) is 4.98 Å². The Morgan fingerprint density at radius 2 is 1.96 bits per heavy atom. The van der Waals surface area contributed by atoms with Crippen molar-refractivity contribution in [1.29, 1.82) is 0 Å². The number of halogens is 1. The molecule has 1 heterocycles. The number of pyridine rings is 1. The summed E-state index contributed by atoms with van der Waals surface area (Å²) in [5.41, 5.74) is 2.86. The number of hydrogen-bond acceptors (Lipinski definition) is 3. The number of sulfonamides is 1. The zero-order valence-electron chi connectivity index (χ0n) is 12.8. The van der Waals surface area contributed by atoms with E-state index in [4.69, 9.17) is 5.14 Å². The van der Waals surface area contributed by atoms with Crippen molar-refractivity contribution in [2.45, 2.75) is 30.9 Å². The maximum Gasteiger partial charge on any atom is 0.211 e. The average molecular weight is 334 g/mol. The standard InChI is InChI=1S/C17H19FN2O2S/c1-11(23(19,21)22)8-14-9-16(14)12-2-4-13(5-3-12)17-7-6-15(18)10-20-17/h2-7,10-11,14,16H,8-9H2,1H3,(H2,19,21,22)/t11?,14-,16+/m1/s1. The summed E-state index contributed by atoms with van der Waals surface area (Å²) in [5.74, 6) is 0.419. The van der Waals surface area contributed by atoms with Crippen molar-refractivity contribution >= 4 is 10.0 Å². The third kappa shape index (κ3) is 3.76. The van der Waals surface area contributed by atoms with Crippen LogP contribution in [0.4, 0.5) is 4.39 Å². The molecule has 1 aromatic carbocycles. The Hall–Kier alpha value is -1.79. The average Bonchev–Trinajstić information content (AvgIpc) is 3.26. The molecule has 6 heteroatoms. The van der Waals surface area contributed by atoms with Gasteiger partial charge in [0, 0.05) is 5.56 Å². The van der Waals surface area contributed by atoms with E-state index in [1.54, 1.807) is 13.0 Å². The van der Waals surface area contributed by atoms with Gasteiger partial charge in [0.25, 0.3) is 0 Å². The molecular formula is C17H19FN2O2S. The van der Waals surface area contributed by atoms with Crippen LogP contribution >= 0.6 is 0 Å². The third-order valence-electron chi connectivity index (χ3n) is 4.48. The Balaban J connectivity index is 1.66. The lowest BCUT2D eigenvalue weighted by molar-refractivity contribution is 0.569. The summed E-state index contributed by atoms with van der Waals surface area (Å²) in [7, 11) is -3.45. The molecule has 0 amide bonds. The molecular weight excluding hydrogens is 315 g/mol. The van der Waals surface area contributed by atoms with Gasteiger partial charge in [-0.15, -0.1) is 0 Å². The molecule has 122 valence electrons. The van der Waals surface area contributed by atoms with Crippen LogP contribution in [0.25, 0.3) is 11.3 Å². The van der Waals surface area contributed by atoms with Gasteiger partial charge in [-0.1, -0.05) is 24.3 Å². The van der Waals surface area contributed by atoms with Gasteiger partial charge in [-0.25, -0.2) is 17.9 Å². The Kier molecular flexibility index (Phi) is 4.21. The number of nitrogens with zero attached hydrogens (tertiary/aromatic N) is 1. The number of aromatic nitrogens is 1. The highest BCUT2D eigenvalue weighted by molar-refractivity contribution is 7.89. The van der Waals surface area contributed by atoms with Gasteiger partial charge < -0.3 is 0 Å². The lowest BCUT2D eigenvalue weighted by Gasteiger charge is -2.08. The van der Waals surface area contributed by atoms with Gasteiger partial charge in [0.1, 0.15) is 5.82 Å². The topological polar surface area (TPSA) is 73.0 Å². The van der Waals surface area contributed by atoms with Crippen LogP contribution in [0.1, 0.15) is 31.2 Å². The maximum absolute atomic E-state index is 12.9. The Morgan fingerprint density at radius 3 is 2.52 bits per heavy atom. The predicted octanol–water partition coefficient (Wildman–Crippen LogP) is 3.06. The SMILES string of the molecule is CC(C[C@@H]1C[C@H]1c1ccc(-c2ccc(F)cn2)cc1)S(N)(=O)=O. The molecule has 3 rings (SSSR count). The summed E-state index contributed by atoms with van der Waals surface area (Å²) >= 11 is 0. The summed E-state index contributed by atoms with van der Waals surface area (Å²) < 4.78 is 35.5. The van der Waals surface area contributed by atoms with E-state index < -0.39 is 15.3 Å². The first-order valence-corrected chi connectivity index (χ1v) is 9.19. The molecule has 0 spiro atoms. The van der Waals surface area contributed by atoms with E-state index in [2.05, 4.69) is 4.98 Å². The Labute approximate surface area is 135 Å². The highest BCUT2D eigenvalue weighted by Crippen LogP contribution is 2.50. The largest absolute Gasteiger partial charge is 0.253 e. The molecule has 4 nitrogen and oxygen atoms in total. The van der Waals surface area contributed by atoms with Crippen LogP contribution < -0.4 is 5.14 Å². The molecule has 0 radical (unpaired) electrons. The molecule has 2 N–H and O–H groups in total. The minimum absolute atomic E-state index is 0.352. The second-order valence-electron chi connectivity index (χ2n) is 6.22. The monoisotopic (exact) mass is 334 g/mol.